The lowest BCUT2D eigenvalue weighted by atomic mass is 9.64. The van der Waals surface area contributed by atoms with Crippen LogP contribution in [0.1, 0.15) is 124 Å². The fraction of sp³-hybridized carbons (Fsp3) is 0.963. The zero-order valence-corrected chi connectivity index (χ0v) is 19.7. The van der Waals surface area contributed by atoms with Gasteiger partial charge in [0.25, 0.3) is 0 Å². The minimum atomic E-state index is 0.139. The third-order valence-corrected chi connectivity index (χ3v) is 8.79. The molecule has 29 heavy (non-hydrogen) atoms. The standard InChI is InChI=1S/C27H48O2/c1-4-6-8-21-9-16-25(17-10-21)29-27(28)24-14-12-23(13-15-24)26-18-11-22(7-5-2)19-20(26)3/h20-26H,4-19H2,1-3H3/t20-,21?,22+,23?,24?,25?,26-/m1/s1. The van der Waals surface area contributed by atoms with Gasteiger partial charge in [0.2, 0.25) is 0 Å². The summed E-state index contributed by atoms with van der Waals surface area (Å²) in [7, 11) is 0. The second-order valence-corrected chi connectivity index (χ2v) is 10.9. The number of carbonyl (C=O) groups is 1. The number of hydrogen-bond donors (Lipinski definition) is 0. The first-order valence-electron chi connectivity index (χ1n) is 13.3. The first-order chi connectivity index (χ1) is 14.1. The van der Waals surface area contributed by atoms with Gasteiger partial charge >= 0.3 is 5.97 Å². The Morgan fingerprint density at radius 2 is 1.48 bits per heavy atom. The molecule has 168 valence electrons. The third-order valence-electron chi connectivity index (χ3n) is 8.79. The van der Waals surface area contributed by atoms with E-state index in [1.807, 2.05) is 0 Å². The van der Waals surface area contributed by atoms with E-state index in [1.54, 1.807) is 0 Å². The molecule has 0 bridgehead atoms. The van der Waals surface area contributed by atoms with Crippen molar-refractivity contribution < 1.29 is 9.53 Å². The van der Waals surface area contributed by atoms with Crippen LogP contribution in [-0.4, -0.2) is 12.1 Å². The second-order valence-electron chi connectivity index (χ2n) is 10.9. The molecule has 0 unspecified atom stereocenters. The normalized spacial score (nSPS) is 38.5. The van der Waals surface area contributed by atoms with Crippen LogP contribution in [0.5, 0.6) is 0 Å². The van der Waals surface area contributed by atoms with Gasteiger partial charge in [0.1, 0.15) is 6.10 Å². The highest BCUT2D eigenvalue weighted by Crippen LogP contribution is 2.45. The average Bonchev–Trinajstić information content (AvgIpc) is 2.74. The lowest BCUT2D eigenvalue weighted by molar-refractivity contribution is -0.157. The Labute approximate surface area is 180 Å². The van der Waals surface area contributed by atoms with Gasteiger partial charge in [-0.05, 0) is 93.8 Å². The molecule has 0 aliphatic heterocycles. The Kier molecular flexibility index (Phi) is 9.38. The third kappa shape index (κ3) is 6.73. The molecule has 3 aliphatic rings. The largest absolute Gasteiger partial charge is 0.462 e. The number of carbonyl (C=O) groups excluding carboxylic acids is 1. The molecule has 0 heterocycles. The molecule has 3 saturated carbocycles. The Morgan fingerprint density at radius 3 is 2.10 bits per heavy atom. The second kappa shape index (κ2) is 11.8. The van der Waals surface area contributed by atoms with E-state index in [1.165, 1.54) is 77.0 Å². The Morgan fingerprint density at radius 1 is 0.793 bits per heavy atom. The van der Waals surface area contributed by atoms with E-state index in [9.17, 15) is 4.79 Å². The van der Waals surface area contributed by atoms with Crippen LogP contribution in [0.15, 0.2) is 0 Å². The number of unbranched alkanes of at least 4 members (excludes halogenated alkanes) is 1. The van der Waals surface area contributed by atoms with Crippen LogP contribution in [0.4, 0.5) is 0 Å². The summed E-state index contributed by atoms with van der Waals surface area (Å²) in [6, 6.07) is 0. The van der Waals surface area contributed by atoms with Crippen LogP contribution in [0, 0.1) is 35.5 Å². The maximum Gasteiger partial charge on any atom is 0.309 e. The van der Waals surface area contributed by atoms with Gasteiger partial charge in [-0.1, -0.05) is 59.3 Å². The van der Waals surface area contributed by atoms with Crippen molar-refractivity contribution in [2.24, 2.45) is 35.5 Å². The number of hydrogen-bond acceptors (Lipinski definition) is 2. The van der Waals surface area contributed by atoms with Crippen molar-refractivity contribution in [2.45, 2.75) is 130 Å². The van der Waals surface area contributed by atoms with Gasteiger partial charge in [-0.2, -0.15) is 0 Å². The summed E-state index contributed by atoms with van der Waals surface area (Å²) in [6.07, 6.45) is 20.8. The molecule has 0 aromatic carbocycles. The Balaban J connectivity index is 1.36. The van der Waals surface area contributed by atoms with Gasteiger partial charge in [0.05, 0.1) is 5.92 Å². The lowest BCUT2D eigenvalue weighted by Gasteiger charge is -2.41. The summed E-state index contributed by atoms with van der Waals surface area (Å²) in [5.41, 5.74) is 0. The fourth-order valence-electron chi connectivity index (χ4n) is 6.98. The molecule has 0 saturated heterocycles. The Bertz CT molecular complexity index is 471. The van der Waals surface area contributed by atoms with E-state index in [4.69, 9.17) is 4.74 Å². The van der Waals surface area contributed by atoms with Crippen molar-refractivity contribution in [1.29, 1.82) is 0 Å². The molecule has 3 fully saturated rings. The zero-order valence-electron chi connectivity index (χ0n) is 19.7. The van der Waals surface area contributed by atoms with Crippen LogP contribution in [0.2, 0.25) is 0 Å². The van der Waals surface area contributed by atoms with Crippen LogP contribution in [0.25, 0.3) is 0 Å². The molecular formula is C27H48O2. The summed E-state index contributed by atoms with van der Waals surface area (Å²) in [5.74, 6) is 4.86. The van der Waals surface area contributed by atoms with Crippen molar-refractivity contribution >= 4 is 5.97 Å². The SMILES string of the molecule is CCCCC1CCC(OC(=O)C2CCC([C@@H]3CC[C@H](CCC)C[C@H]3C)CC2)CC1. The maximum absolute atomic E-state index is 12.8. The summed E-state index contributed by atoms with van der Waals surface area (Å²) in [4.78, 5) is 12.8. The molecule has 0 N–H and O–H groups in total. The van der Waals surface area contributed by atoms with Gasteiger partial charge in [-0.25, -0.2) is 0 Å². The van der Waals surface area contributed by atoms with E-state index in [0.29, 0.717) is 0 Å². The van der Waals surface area contributed by atoms with Crippen molar-refractivity contribution in [3.8, 4) is 0 Å². The van der Waals surface area contributed by atoms with Crippen molar-refractivity contribution in [1.82, 2.24) is 0 Å². The molecule has 3 aliphatic carbocycles. The van der Waals surface area contributed by atoms with Gasteiger partial charge in [0.15, 0.2) is 0 Å². The molecular weight excluding hydrogens is 356 g/mol. The van der Waals surface area contributed by atoms with E-state index < -0.39 is 0 Å². The molecule has 0 aromatic heterocycles. The zero-order chi connectivity index (χ0) is 20.6. The van der Waals surface area contributed by atoms with Crippen LogP contribution in [-0.2, 0) is 9.53 Å². The van der Waals surface area contributed by atoms with Gasteiger partial charge < -0.3 is 4.74 Å². The Hall–Kier alpha value is -0.530. The van der Waals surface area contributed by atoms with E-state index in [-0.39, 0.29) is 18.0 Å². The lowest BCUT2D eigenvalue weighted by Crippen LogP contribution is -2.34. The van der Waals surface area contributed by atoms with Crippen molar-refractivity contribution in [2.75, 3.05) is 0 Å². The van der Waals surface area contributed by atoms with Crippen LogP contribution >= 0.6 is 0 Å². The molecule has 0 amide bonds. The van der Waals surface area contributed by atoms with Gasteiger partial charge in [0, 0.05) is 0 Å². The van der Waals surface area contributed by atoms with E-state index >= 15 is 0 Å². The highest BCUT2D eigenvalue weighted by molar-refractivity contribution is 5.72. The molecule has 0 aromatic rings. The summed E-state index contributed by atoms with van der Waals surface area (Å²) in [6.45, 7) is 7.11. The predicted molar refractivity (Wildman–Crippen MR) is 122 cm³/mol. The monoisotopic (exact) mass is 404 g/mol. The molecule has 0 spiro atoms. The topological polar surface area (TPSA) is 26.3 Å². The molecule has 3 atom stereocenters. The molecule has 0 radical (unpaired) electrons. The van der Waals surface area contributed by atoms with E-state index in [2.05, 4.69) is 20.8 Å². The quantitative estimate of drug-likeness (QED) is 0.384. The fourth-order valence-corrected chi connectivity index (χ4v) is 6.98. The predicted octanol–water partition coefficient (Wildman–Crippen LogP) is 7.94. The molecule has 3 rings (SSSR count). The highest BCUT2D eigenvalue weighted by Gasteiger charge is 2.37. The number of ether oxygens (including phenoxy) is 1. The van der Waals surface area contributed by atoms with Crippen LogP contribution < -0.4 is 0 Å². The van der Waals surface area contributed by atoms with Crippen LogP contribution in [0.3, 0.4) is 0 Å². The maximum atomic E-state index is 12.8. The van der Waals surface area contributed by atoms with Gasteiger partial charge in [-0.15, -0.1) is 0 Å². The summed E-state index contributed by atoms with van der Waals surface area (Å²) >= 11 is 0. The first-order valence-corrected chi connectivity index (χ1v) is 13.3. The summed E-state index contributed by atoms with van der Waals surface area (Å²) < 4.78 is 5.99. The molecule has 2 nitrogen and oxygen atoms in total. The first kappa shape index (κ1) is 23.1. The van der Waals surface area contributed by atoms with Crippen molar-refractivity contribution in [3.63, 3.8) is 0 Å². The van der Waals surface area contributed by atoms with Crippen molar-refractivity contribution in [3.05, 3.63) is 0 Å². The number of esters is 1. The van der Waals surface area contributed by atoms with Gasteiger partial charge in [-0.3, -0.25) is 4.79 Å². The smallest absolute Gasteiger partial charge is 0.309 e. The minimum absolute atomic E-state index is 0.139. The minimum Gasteiger partial charge on any atom is -0.462 e. The molecule has 2 heteroatoms. The average molecular weight is 405 g/mol. The summed E-state index contributed by atoms with van der Waals surface area (Å²) in [5, 5.41) is 0. The van der Waals surface area contributed by atoms with E-state index in [0.717, 1.165) is 55.3 Å². The number of rotatable bonds is 8. The highest BCUT2D eigenvalue weighted by atomic mass is 16.5.